The number of carbonyl (C=O) groups is 2. The van der Waals surface area contributed by atoms with Gasteiger partial charge >= 0.3 is 0 Å². The first-order valence-electron chi connectivity index (χ1n) is 6.75. The molecule has 0 fully saturated rings. The molecule has 22 heavy (non-hydrogen) atoms. The van der Waals surface area contributed by atoms with E-state index in [2.05, 4.69) is 15.6 Å². The SMILES string of the molecule is COCC(=O)Nc1ccccc1C(=O)NCc1cccnc1. The molecule has 2 rings (SSSR count). The van der Waals surface area contributed by atoms with Gasteiger partial charge in [-0.15, -0.1) is 0 Å². The summed E-state index contributed by atoms with van der Waals surface area (Å²) in [6, 6.07) is 10.5. The number of hydrogen-bond acceptors (Lipinski definition) is 4. The molecule has 0 bridgehead atoms. The summed E-state index contributed by atoms with van der Waals surface area (Å²) in [6.45, 7) is 0.304. The Kier molecular flexibility index (Phi) is 5.62. The molecule has 114 valence electrons. The average Bonchev–Trinajstić information content (AvgIpc) is 2.54. The van der Waals surface area contributed by atoms with Crippen LogP contribution >= 0.6 is 0 Å². The topological polar surface area (TPSA) is 80.3 Å². The van der Waals surface area contributed by atoms with Gasteiger partial charge in [0.15, 0.2) is 0 Å². The first kappa shape index (κ1) is 15.7. The lowest BCUT2D eigenvalue weighted by Crippen LogP contribution is -2.25. The Morgan fingerprint density at radius 2 is 2.00 bits per heavy atom. The molecule has 0 saturated carbocycles. The lowest BCUT2D eigenvalue weighted by Gasteiger charge is -2.11. The van der Waals surface area contributed by atoms with Gasteiger partial charge in [-0.2, -0.15) is 0 Å². The van der Waals surface area contributed by atoms with E-state index in [4.69, 9.17) is 4.74 Å². The second kappa shape index (κ2) is 7.90. The maximum absolute atomic E-state index is 12.3. The highest BCUT2D eigenvalue weighted by atomic mass is 16.5. The van der Waals surface area contributed by atoms with Crippen LogP contribution in [0, 0.1) is 0 Å². The fraction of sp³-hybridized carbons (Fsp3) is 0.188. The Morgan fingerprint density at radius 3 is 2.73 bits per heavy atom. The zero-order valence-electron chi connectivity index (χ0n) is 12.2. The minimum Gasteiger partial charge on any atom is -0.375 e. The summed E-state index contributed by atoms with van der Waals surface area (Å²) in [5, 5.41) is 5.45. The molecular weight excluding hydrogens is 282 g/mol. The lowest BCUT2D eigenvalue weighted by molar-refractivity contribution is -0.119. The molecule has 1 aromatic carbocycles. The number of anilines is 1. The number of amides is 2. The highest BCUT2D eigenvalue weighted by molar-refractivity contribution is 6.03. The monoisotopic (exact) mass is 299 g/mol. The van der Waals surface area contributed by atoms with E-state index < -0.39 is 0 Å². The molecule has 2 aromatic rings. The molecule has 6 nitrogen and oxygen atoms in total. The zero-order chi connectivity index (χ0) is 15.8. The van der Waals surface area contributed by atoms with Crippen molar-refractivity contribution in [2.24, 2.45) is 0 Å². The Labute approximate surface area is 128 Å². The van der Waals surface area contributed by atoms with Gasteiger partial charge in [-0.05, 0) is 23.8 Å². The van der Waals surface area contributed by atoms with Crippen LogP contribution in [0.1, 0.15) is 15.9 Å². The van der Waals surface area contributed by atoms with Crippen molar-refractivity contribution in [3.05, 3.63) is 59.9 Å². The van der Waals surface area contributed by atoms with Crippen molar-refractivity contribution in [2.45, 2.75) is 6.54 Å². The number of ether oxygens (including phenoxy) is 1. The number of methoxy groups -OCH3 is 1. The molecule has 0 aliphatic carbocycles. The molecule has 0 radical (unpaired) electrons. The Hall–Kier alpha value is -2.73. The van der Waals surface area contributed by atoms with Crippen molar-refractivity contribution in [2.75, 3.05) is 19.0 Å². The van der Waals surface area contributed by atoms with E-state index in [1.54, 1.807) is 42.7 Å². The number of nitrogens with zero attached hydrogens (tertiary/aromatic N) is 1. The number of rotatable bonds is 6. The molecule has 2 N–H and O–H groups in total. The molecular formula is C16H17N3O3. The van der Waals surface area contributed by atoms with Crippen LogP contribution in [0.15, 0.2) is 48.8 Å². The smallest absolute Gasteiger partial charge is 0.253 e. The van der Waals surface area contributed by atoms with Crippen LogP contribution in [-0.2, 0) is 16.1 Å². The van der Waals surface area contributed by atoms with Gasteiger partial charge in [-0.1, -0.05) is 18.2 Å². The van der Waals surface area contributed by atoms with E-state index in [-0.39, 0.29) is 18.4 Å². The van der Waals surface area contributed by atoms with E-state index in [9.17, 15) is 9.59 Å². The van der Waals surface area contributed by atoms with Crippen molar-refractivity contribution < 1.29 is 14.3 Å². The molecule has 0 saturated heterocycles. The second-order valence-electron chi connectivity index (χ2n) is 4.57. The standard InChI is InChI=1S/C16H17N3O3/c1-22-11-15(20)19-14-7-3-2-6-13(14)16(21)18-10-12-5-4-8-17-9-12/h2-9H,10-11H2,1H3,(H,18,21)(H,19,20). The largest absolute Gasteiger partial charge is 0.375 e. The van der Waals surface area contributed by atoms with E-state index in [0.717, 1.165) is 5.56 Å². The van der Waals surface area contributed by atoms with Gasteiger partial charge in [0.25, 0.3) is 5.91 Å². The average molecular weight is 299 g/mol. The molecule has 0 atom stereocenters. The minimum atomic E-state index is -0.310. The molecule has 1 heterocycles. The summed E-state index contributed by atoms with van der Waals surface area (Å²) in [5.41, 5.74) is 1.75. The van der Waals surface area contributed by atoms with E-state index in [0.29, 0.717) is 17.8 Å². The van der Waals surface area contributed by atoms with Crippen LogP contribution in [0.5, 0.6) is 0 Å². The Bertz CT molecular complexity index is 644. The van der Waals surface area contributed by atoms with Crippen LogP contribution in [-0.4, -0.2) is 30.5 Å². The number of aromatic nitrogens is 1. The van der Waals surface area contributed by atoms with E-state index >= 15 is 0 Å². The van der Waals surface area contributed by atoms with Crippen LogP contribution in [0.2, 0.25) is 0 Å². The fourth-order valence-electron chi connectivity index (χ4n) is 1.89. The first-order chi connectivity index (χ1) is 10.7. The highest BCUT2D eigenvalue weighted by Gasteiger charge is 2.12. The van der Waals surface area contributed by atoms with Crippen molar-refractivity contribution in [3.8, 4) is 0 Å². The molecule has 0 spiro atoms. The molecule has 0 aliphatic heterocycles. The van der Waals surface area contributed by atoms with Gasteiger partial charge in [0.1, 0.15) is 6.61 Å². The first-order valence-corrected chi connectivity index (χ1v) is 6.75. The van der Waals surface area contributed by atoms with Gasteiger partial charge in [-0.3, -0.25) is 14.6 Å². The molecule has 1 aromatic heterocycles. The summed E-state index contributed by atoms with van der Waals surface area (Å²) in [6.07, 6.45) is 3.36. The van der Waals surface area contributed by atoms with Crippen LogP contribution < -0.4 is 10.6 Å². The zero-order valence-corrected chi connectivity index (χ0v) is 12.2. The molecule has 6 heteroatoms. The van der Waals surface area contributed by atoms with Crippen LogP contribution in [0.25, 0.3) is 0 Å². The Morgan fingerprint density at radius 1 is 1.18 bits per heavy atom. The molecule has 2 amide bonds. The van der Waals surface area contributed by atoms with Gasteiger partial charge in [0.05, 0.1) is 11.3 Å². The van der Waals surface area contributed by atoms with Gasteiger partial charge in [0.2, 0.25) is 5.91 Å². The number of para-hydroxylation sites is 1. The fourth-order valence-corrected chi connectivity index (χ4v) is 1.89. The van der Waals surface area contributed by atoms with Crippen LogP contribution in [0.4, 0.5) is 5.69 Å². The Balaban J connectivity index is 2.04. The minimum absolute atomic E-state index is 0.0639. The van der Waals surface area contributed by atoms with Gasteiger partial charge < -0.3 is 15.4 Å². The van der Waals surface area contributed by atoms with Crippen molar-refractivity contribution in [1.29, 1.82) is 0 Å². The summed E-state index contributed by atoms with van der Waals surface area (Å²) in [4.78, 5) is 27.8. The second-order valence-corrected chi connectivity index (χ2v) is 4.57. The maximum Gasteiger partial charge on any atom is 0.253 e. The summed E-state index contributed by atoms with van der Waals surface area (Å²) in [5.74, 6) is -0.577. The summed E-state index contributed by atoms with van der Waals surface area (Å²) < 4.78 is 4.76. The lowest BCUT2D eigenvalue weighted by atomic mass is 10.1. The van der Waals surface area contributed by atoms with Crippen molar-refractivity contribution in [3.63, 3.8) is 0 Å². The van der Waals surface area contributed by atoms with E-state index in [1.807, 2.05) is 6.07 Å². The molecule has 0 aliphatic rings. The van der Waals surface area contributed by atoms with Gasteiger partial charge in [0, 0.05) is 26.0 Å². The predicted molar refractivity (Wildman–Crippen MR) is 82.4 cm³/mol. The third-order valence-electron chi connectivity index (χ3n) is 2.90. The van der Waals surface area contributed by atoms with Crippen LogP contribution in [0.3, 0.4) is 0 Å². The molecule has 0 unspecified atom stereocenters. The predicted octanol–water partition coefficient (Wildman–Crippen LogP) is 1.60. The highest BCUT2D eigenvalue weighted by Crippen LogP contribution is 2.15. The third-order valence-corrected chi connectivity index (χ3v) is 2.90. The number of carbonyl (C=O) groups excluding carboxylic acids is 2. The third kappa shape index (κ3) is 4.39. The van der Waals surface area contributed by atoms with Crippen molar-refractivity contribution in [1.82, 2.24) is 10.3 Å². The summed E-state index contributed by atoms with van der Waals surface area (Å²) >= 11 is 0. The van der Waals surface area contributed by atoms with Gasteiger partial charge in [-0.25, -0.2) is 0 Å². The maximum atomic E-state index is 12.3. The number of nitrogens with one attached hydrogen (secondary N) is 2. The summed E-state index contributed by atoms with van der Waals surface area (Å²) in [7, 11) is 1.44. The normalized spacial score (nSPS) is 10.0. The van der Waals surface area contributed by atoms with E-state index in [1.165, 1.54) is 7.11 Å². The number of benzene rings is 1. The van der Waals surface area contributed by atoms with Crippen molar-refractivity contribution >= 4 is 17.5 Å². The number of hydrogen-bond donors (Lipinski definition) is 2. The quantitative estimate of drug-likeness (QED) is 0.849. The number of pyridine rings is 1.